The van der Waals surface area contributed by atoms with Crippen molar-refractivity contribution in [2.75, 3.05) is 12.3 Å². The monoisotopic (exact) mass is 516 g/mol. The van der Waals surface area contributed by atoms with Crippen LogP contribution in [0.1, 0.15) is 31.7 Å². The number of nitrogens with one attached hydrogen (secondary N) is 1. The number of rotatable bonds is 7. The molecule has 11 heteroatoms. The van der Waals surface area contributed by atoms with Gasteiger partial charge >= 0.3 is 0 Å². The maximum atomic E-state index is 15.5. The van der Waals surface area contributed by atoms with Crippen LogP contribution in [0, 0.1) is 17.5 Å². The summed E-state index contributed by atoms with van der Waals surface area (Å²) < 4.78 is 88.2. The Labute approximate surface area is 202 Å². The van der Waals surface area contributed by atoms with E-state index in [1.165, 1.54) is 37.3 Å². The Morgan fingerprint density at radius 1 is 1.14 bits per heavy atom. The fourth-order valence-electron chi connectivity index (χ4n) is 4.62. The van der Waals surface area contributed by atoms with Crippen molar-refractivity contribution in [3.8, 4) is 11.1 Å². The van der Waals surface area contributed by atoms with Gasteiger partial charge in [0.1, 0.15) is 23.2 Å². The molecule has 0 radical (unpaired) electrons. The lowest BCUT2D eigenvalue weighted by Crippen LogP contribution is -2.57. The molecule has 190 valence electrons. The fourth-order valence-corrected chi connectivity index (χ4v) is 5.40. The lowest BCUT2D eigenvalue weighted by molar-refractivity contribution is -0.162. The van der Waals surface area contributed by atoms with Crippen LogP contribution >= 0.6 is 0 Å². The molecule has 1 unspecified atom stereocenters. The van der Waals surface area contributed by atoms with Crippen LogP contribution in [0.15, 0.2) is 36.4 Å². The Kier molecular flexibility index (Phi) is 7.16. The maximum absolute atomic E-state index is 15.5. The van der Waals surface area contributed by atoms with Crippen LogP contribution in [0.25, 0.3) is 11.1 Å². The van der Waals surface area contributed by atoms with Crippen molar-refractivity contribution in [1.29, 1.82) is 0 Å². The predicted octanol–water partition coefficient (Wildman–Crippen LogP) is 3.72. The molecule has 1 saturated heterocycles. The third kappa shape index (κ3) is 4.78. The van der Waals surface area contributed by atoms with Crippen molar-refractivity contribution in [3.63, 3.8) is 0 Å². The molecule has 1 aliphatic heterocycles. The van der Waals surface area contributed by atoms with Gasteiger partial charge in [0.15, 0.2) is 11.6 Å². The molecule has 0 bridgehead atoms. The van der Waals surface area contributed by atoms with Crippen LogP contribution in [0.3, 0.4) is 0 Å². The predicted molar refractivity (Wildman–Crippen MR) is 120 cm³/mol. The van der Waals surface area contributed by atoms with E-state index in [0.29, 0.717) is 6.42 Å². The highest BCUT2D eigenvalue weighted by Gasteiger charge is 2.60. The van der Waals surface area contributed by atoms with E-state index in [1.54, 1.807) is 0 Å². The lowest BCUT2D eigenvalue weighted by atomic mass is 9.79. The Hall–Kier alpha value is -2.21. The molecule has 1 heterocycles. The van der Waals surface area contributed by atoms with E-state index in [1.807, 2.05) is 0 Å². The zero-order chi connectivity index (χ0) is 25.5. The molecule has 5 nitrogen and oxygen atoms in total. The quantitative estimate of drug-likeness (QED) is 0.435. The van der Waals surface area contributed by atoms with Gasteiger partial charge in [-0.3, -0.25) is 4.79 Å². The smallest absolute Gasteiger partial charge is 0.286 e. The third-order valence-electron chi connectivity index (χ3n) is 6.73. The summed E-state index contributed by atoms with van der Waals surface area (Å²) in [5, 5.41) is 10.5. The van der Waals surface area contributed by atoms with E-state index >= 15 is 13.2 Å². The van der Waals surface area contributed by atoms with Crippen LogP contribution in [-0.2, 0) is 22.6 Å². The summed E-state index contributed by atoms with van der Waals surface area (Å²) in [6.45, 7) is 0.499. The number of benzene rings is 2. The van der Waals surface area contributed by atoms with Gasteiger partial charge in [0.25, 0.3) is 11.8 Å². The van der Waals surface area contributed by atoms with Gasteiger partial charge in [-0.15, -0.1) is 4.72 Å². The van der Waals surface area contributed by atoms with Gasteiger partial charge < -0.3 is 14.6 Å². The molecule has 3 atom stereocenters. The molecule has 1 amide bonds. The number of carbonyl (C=O) groups excluding carboxylic acids is 1. The molecule has 0 aromatic heterocycles. The normalized spacial score (nSPS) is 23.7. The number of amides is 1. The summed E-state index contributed by atoms with van der Waals surface area (Å²) in [5.41, 5.74) is -2.47. The van der Waals surface area contributed by atoms with Crippen LogP contribution in [-0.4, -0.2) is 56.4 Å². The molecule has 1 saturated carbocycles. The van der Waals surface area contributed by atoms with E-state index < -0.39 is 71.3 Å². The van der Waals surface area contributed by atoms with Gasteiger partial charge in [-0.25, -0.2) is 22.0 Å². The van der Waals surface area contributed by atoms with Crippen molar-refractivity contribution >= 4 is 17.3 Å². The van der Waals surface area contributed by atoms with Crippen LogP contribution in [0.2, 0.25) is 0 Å². The van der Waals surface area contributed by atoms with E-state index in [2.05, 4.69) is 4.72 Å². The van der Waals surface area contributed by atoms with E-state index in [0.717, 1.165) is 11.0 Å². The first-order valence-corrected chi connectivity index (χ1v) is 12.6. The highest BCUT2D eigenvalue weighted by molar-refractivity contribution is 7.89. The molecule has 2 N–H and O–H groups in total. The number of halogens is 5. The SMILES string of the molecule is CC[S+]([O-])N[C@@H]1[C@H](Cc2cccc(-c3cccc(F)c3F)c2F)N(C(=O)C2(O)CCC2)CC1(F)F. The molecule has 0 spiro atoms. The summed E-state index contributed by atoms with van der Waals surface area (Å²) in [6, 6.07) is 4.11. The molecule has 1 aliphatic carbocycles. The minimum atomic E-state index is -3.51. The molecule has 35 heavy (non-hydrogen) atoms. The van der Waals surface area contributed by atoms with E-state index in [-0.39, 0.29) is 35.3 Å². The summed E-state index contributed by atoms with van der Waals surface area (Å²) in [5.74, 6) is -7.73. The number of nitrogens with zero attached hydrogens (tertiary/aromatic N) is 1. The second-order valence-corrected chi connectivity index (χ2v) is 10.5. The van der Waals surface area contributed by atoms with Crippen LogP contribution in [0.4, 0.5) is 22.0 Å². The summed E-state index contributed by atoms with van der Waals surface area (Å²) in [4.78, 5) is 13.9. The van der Waals surface area contributed by atoms with Gasteiger partial charge in [-0.2, -0.15) is 0 Å². The third-order valence-corrected chi connectivity index (χ3v) is 7.77. The summed E-state index contributed by atoms with van der Waals surface area (Å²) in [7, 11) is 0. The number of carbonyl (C=O) groups is 1. The first-order chi connectivity index (χ1) is 16.5. The average molecular weight is 517 g/mol. The molecule has 2 aromatic rings. The number of hydrogen-bond acceptors (Lipinski definition) is 4. The number of aliphatic hydroxyl groups is 1. The van der Waals surface area contributed by atoms with Gasteiger partial charge in [0.05, 0.1) is 12.6 Å². The maximum Gasteiger partial charge on any atom is 0.286 e. The number of alkyl halides is 2. The van der Waals surface area contributed by atoms with E-state index in [4.69, 9.17) is 0 Å². The fraction of sp³-hybridized carbons (Fsp3) is 0.458. The average Bonchev–Trinajstić information content (AvgIpc) is 3.04. The van der Waals surface area contributed by atoms with Gasteiger partial charge in [0.2, 0.25) is 0 Å². The minimum Gasteiger partial charge on any atom is -0.598 e. The molecule has 2 aromatic carbocycles. The molecule has 4 rings (SSSR count). The van der Waals surface area contributed by atoms with Crippen molar-refractivity contribution < 1.29 is 36.4 Å². The Morgan fingerprint density at radius 2 is 1.77 bits per heavy atom. The number of likely N-dealkylation sites (tertiary alicyclic amines) is 1. The Bertz CT molecular complexity index is 1110. The molecule has 2 aliphatic rings. The second-order valence-electron chi connectivity index (χ2n) is 8.96. The topological polar surface area (TPSA) is 75.6 Å². The molecule has 2 fully saturated rings. The minimum absolute atomic E-state index is 0.0277. The van der Waals surface area contributed by atoms with Crippen molar-refractivity contribution in [2.45, 2.75) is 56.2 Å². The van der Waals surface area contributed by atoms with Gasteiger partial charge in [-0.1, -0.05) is 30.3 Å². The van der Waals surface area contributed by atoms with Gasteiger partial charge in [0, 0.05) is 22.5 Å². The number of hydrogen-bond donors (Lipinski definition) is 2. The zero-order valence-corrected chi connectivity index (χ0v) is 19.7. The largest absolute Gasteiger partial charge is 0.598 e. The van der Waals surface area contributed by atoms with Gasteiger partial charge in [-0.05, 0) is 44.2 Å². The van der Waals surface area contributed by atoms with Crippen molar-refractivity contribution in [2.24, 2.45) is 0 Å². The molecular weight excluding hydrogens is 491 g/mol. The first kappa shape index (κ1) is 25.9. The lowest BCUT2D eigenvalue weighted by Gasteiger charge is -2.40. The summed E-state index contributed by atoms with van der Waals surface area (Å²) >= 11 is -1.84. The second kappa shape index (κ2) is 9.68. The van der Waals surface area contributed by atoms with Crippen LogP contribution in [0.5, 0.6) is 0 Å². The highest BCUT2D eigenvalue weighted by atomic mass is 32.2. The Morgan fingerprint density at radius 3 is 2.37 bits per heavy atom. The highest BCUT2D eigenvalue weighted by Crippen LogP contribution is 2.41. The zero-order valence-electron chi connectivity index (χ0n) is 18.9. The first-order valence-electron chi connectivity index (χ1n) is 11.3. The standard InChI is InChI=1S/C24H25F5N2O3S/c1-2-35(34)30-21-18(31(13-24(21,28)29)22(32)23(33)10-5-11-23)12-14-6-3-7-15(19(14)26)16-8-4-9-17(25)20(16)27/h3-4,6-9,18,21,30,33H,2,5,10-13H2,1H3/t18-,21+,35?/m0/s1. The van der Waals surface area contributed by atoms with E-state index in [9.17, 15) is 23.2 Å². The van der Waals surface area contributed by atoms with Crippen LogP contribution < -0.4 is 4.72 Å². The summed E-state index contributed by atoms with van der Waals surface area (Å²) in [6.07, 6.45) is 0.395. The Balaban J connectivity index is 1.73. The molecular formula is C24H25F5N2O3S. The van der Waals surface area contributed by atoms with Crippen molar-refractivity contribution in [1.82, 2.24) is 9.62 Å². The van der Waals surface area contributed by atoms with Crippen molar-refractivity contribution in [3.05, 3.63) is 59.4 Å².